The Kier molecular flexibility index (Phi) is 4.02. The molecule has 1 heterocycles. The van der Waals surface area contributed by atoms with Gasteiger partial charge in [0, 0.05) is 17.8 Å². The minimum atomic E-state index is -0.431. The van der Waals surface area contributed by atoms with Gasteiger partial charge in [0.15, 0.2) is 0 Å². The van der Waals surface area contributed by atoms with Crippen LogP contribution in [0.3, 0.4) is 0 Å². The zero-order valence-corrected chi connectivity index (χ0v) is 11.3. The number of benzene rings is 1. The van der Waals surface area contributed by atoms with Crippen LogP contribution in [0.5, 0.6) is 0 Å². The van der Waals surface area contributed by atoms with E-state index in [0.29, 0.717) is 17.8 Å². The minimum absolute atomic E-state index is 0.0978. The molecule has 0 aliphatic rings. The van der Waals surface area contributed by atoms with E-state index in [1.807, 2.05) is 13.0 Å². The fourth-order valence-electron chi connectivity index (χ4n) is 2.12. The van der Waals surface area contributed by atoms with Gasteiger partial charge in [-0.3, -0.25) is 0 Å². The second kappa shape index (κ2) is 5.55. The van der Waals surface area contributed by atoms with Crippen LogP contribution in [0.25, 0.3) is 0 Å². The lowest BCUT2D eigenvalue weighted by atomic mass is 9.96. The molecule has 2 aromatic rings. The number of hydrogen-bond donors (Lipinski definition) is 2. The third-order valence-electron chi connectivity index (χ3n) is 3.08. The summed E-state index contributed by atoms with van der Waals surface area (Å²) in [6.45, 7) is 1.90. The number of nitrogens with two attached hydrogens (primary N) is 2. The van der Waals surface area contributed by atoms with Crippen molar-refractivity contribution in [3.05, 3.63) is 58.0 Å². The Bertz CT molecular complexity index is 581. The molecule has 0 fully saturated rings. The number of halogens is 2. The van der Waals surface area contributed by atoms with E-state index in [0.717, 1.165) is 11.1 Å². The molecule has 0 saturated carbocycles. The van der Waals surface area contributed by atoms with E-state index in [1.165, 1.54) is 6.07 Å². The van der Waals surface area contributed by atoms with Crippen molar-refractivity contribution >= 4 is 17.4 Å². The van der Waals surface area contributed by atoms with Crippen LogP contribution < -0.4 is 11.5 Å². The highest BCUT2D eigenvalue weighted by molar-refractivity contribution is 6.30. The Labute approximate surface area is 116 Å². The van der Waals surface area contributed by atoms with Crippen LogP contribution in [-0.4, -0.2) is 4.98 Å². The standard InChI is InChI=1S/C14H15ClFN3/c1-8-5-6-19-14(18)12(8)11(17)7-9-3-2-4-10(15)13(9)16/h2-6,11H,7,17H2,1H3,(H2,18,19). The van der Waals surface area contributed by atoms with Gasteiger partial charge in [0.25, 0.3) is 0 Å². The second-order valence-electron chi connectivity index (χ2n) is 4.45. The van der Waals surface area contributed by atoms with E-state index < -0.39 is 11.9 Å². The van der Waals surface area contributed by atoms with Crippen LogP contribution in [0.4, 0.5) is 10.2 Å². The maximum absolute atomic E-state index is 13.8. The van der Waals surface area contributed by atoms with Gasteiger partial charge in [-0.2, -0.15) is 0 Å². The maximum Gasteiger partial charge on any atom is 0.145 e. The predicted molar refractivity (Wildman–Crippen MR) is 75.4 cm³/mol. The summed E-state index contributed by atoms with van der Waals surface area (Å²) < 4.78 is 13.8. The SMILES string of the molecule is Cc1ccnc(N)c1C(N)Cc1cccc(Cl)c1F. The van der Waals surface area contributed by atoms with Gasteiger partial charge in [-0.15, -0.1) is 0 Å². The van der Waals surface area contributed by atoms with Crippen LogP contribution in [0.2, 0.25) is 5.02 Å². The zero-order chi connectivity index (χ0) is 14.0. The van der Waals surface area contributed by atoms with Gasteiger partial charge < -0.3 is 11.5 Å². The number of anilines is 1. The van der Waals surface area contributed by atoms with Crippen LogP contribution in [0.15, 0.2) is 30.5 Å². The summed E-state index contributed by atoms with van der Waals surface area (Å²) in [5.74, 6) is -0.0466. The first-order valence-electron chi connectivity index (χ1n) is 5.90. The molecule has 5 heteroatoms. The Morgan fingerprint density at radius 3 is 2.79 bits per heavy atom. The van der Waals surface area contributed by atoms with Crippen molar-refractivity contribution in [2.45, 2.75) is 19.4 Å². The Morgan fingerprint density at radius 1 is 1.37 bits per heavy atom. The van der Waals surface area contributed by atoms with E-state index in [9.17, 15) is 4.39 Å². The topological polar surface area (TPSA) is 64.9 Å². The molecule has 4 N–H and O–H groups in total. The van der Waals surface area contributed by atoms with Crippen molar-refractivity contribution in [2.75, 3.05) is 5.73 Å². The summed E-state index contributed by atoms with van der Waals surface area (Å²) in [7, 11) is 0. The minimum Gasteiger partial charge on any atom is -0.383 e. The van der Waals surface area contributed by atoms with Crippen molar-refractivity contribution in [2.24, 2.45) is 5.73 Å². The van der Waals surface area contributed by atoms with Crippen molar-refractivity contribution in [1.82, 2.24) is 4.98 Å². The van der Waals surface area contributed by atoms with Gasteiger partial charge in [0.2, 0.25) is 0 Å². The van der Waals surface area contributed by atoms with E-state index in [-0.39, 0.29) is 5.02 Å². The third-order valence-corrected chi connectivity index (χ3v) is 3.37. The third kappa shape index (κ3) is 2.85. The molecule has 3 nitrogen and oxygen atoms in total. The molecule has 0 aliphatic carbocycles. The molecule has 0 saturated heterocycles. The molecule has 0 bridgehead atoms. The number of rotatable bonds is 3. The summed E-state index contributed by atoms with van der Waals surface area (Å²) in [5, 5.41) is 0.0978. The average Bonchev–Trinajstić information content (AvgIpc) is 2.35. The Hall–Kier alpha value is -1.65. The molecule has 1 atom stereocenters. The number of nitrogens with zero attached hydrogens (tertiary/aromatic N) is 1. The van der Waals surface area contributed by atoms with E-state index in [1.54, 1.807) is 18.3 Å². The fourth-order valence-corrected chi connectivity index (χ4v) is 2.31. The van der Waals surface area contributed by atoms with E-state index in [4.69, 9.17) is 23.1 Å². The van der Waals surface area contributed by atoms with Gasteiger partial charge in [-0.05, 0) is 36.6 Å². The average molecular weight is 280 g/mol. The number of nitrogen functional groups attached to an aromatic ring is 1. The highest BCUT2D eigenvalue weighted by Gasteiger charge is 2.16. The quantitative estimate of drug-likeness (QED) is 0.908. The van der Waals surface area contributed by atoms with E-state index in [2.05, 4.69) is 4.98 Å². The predicted octanol–water partition coefficient (Wildman–Crippen LogP) is 3.01. The molecule has 0 radical (unpaired) electrons. The van der Waals surface area contributed by atoms with Gasteiger partial charge in [0.1, 0.15) is 11.6 Å². The first-order chi connectivity index (χ1) is 9.00. The summed E-state index contributed by atoms with van der Waals surface area (Å²) >= 11 is 5.75. The molecule has 1 aromatic carbocycles. The number of aryl methyl sites for hydroxylation is 1. The first kappa shape index (κ1) is 13.8. The smallest absolute Gasteiger partial charge is 0.145 e. The van der Waals surface area contributed by atoms with Crippen LogP contribution in [0.1, 0.15) is 22.7 Å². The lowest BCUT2D eigenvalue weighted by Gasteiger charge is -2.17. The van der Waals surface area contributed by atoms with Crippen molar-refractivity contribution in [3.63, 3.8) is 0 Å². The zero-order valence-electron chi connectivity index (χ0n) is 10.5. The molecule has 1 unspecified atom stereocenters. The second-order valence-corrected chi connectivity index (χ2v) is 4.86. The molecule has 1 aromatic heterocycles. The summed E-state index contributed by atoms with van der Waals surface area (Å²) in [4.78, 5) is 4.02. The lowest BCUT2D eigenvalue weighted by molar-refractivity contribution is 0.593. The molecular weight excluding hydrogens is 265 g/mol. The molecular formula is C14H15ClFN3. The monoisotopic (exact) mass is 279 g/mol. The lowest BCUT2D eigenvalue weighted by Crippen LogP contribution is -2.18. The number of aromatic nitrogens is 1. The number of pyridine rings is 1. The van der Waals surface area contributed by atoms with Crippen molar-refractivity contribution < 1.29 is 4.39 Å². The van der Waals surface area contributed by atoms with Gasteiger partial charge in [-0.25, -0.2) is 9.37 Å². The fraction of sp³-hybridized carbons (Fsp3) is 0.214. The molecule has 0 spiro atoms. The van der Waals surface area contributed by atoms with Crippen molar-refractivity contribution in [1.29, 1.82) is 0 Å². The summed E-state index contributed by atoms with van der Waals surface area (Å²) in [6.07, 6.45) is 1.95. The molecule has 100 valence electrons. The highest BCUT2D eigenvalue weighted by Crippen LogP contribution is 2.26. The molecule has 0 amide bonds. The van der Waals surface area contributed by atoms with Crippen LogP contribution >= 0.6 is 11.6 Å². The largest absolute Gasteiger partial charge is 0.383 e. The Morgan fingerprint density at radius 2 is 2.11 bits per heavy atom. The summed E-state index contributed by atoms with van der Waals surface area (Å²) in [5.41, 5.74) is 14.1. The molecule has 19 heavy (non-hydrogen) atoms. The molecule has 2 rings (SSSR count). The van der Waals surface area contributed by atoms with E-state index >= 15 is 0 Å². The van der Waals surface area contributed by atoms with Crippen LogP contribution in [-0.2, 0) is 6.42 Å². The molecule has 0 aliphatic heterocycles. The van der Waals surface area contributed by atoms with Gasteiger partial charge >= 0.3 is 0 Å². The summed E-state index contributed by atoms with van der Waals surface area (Å²) in [6, 6.07) is 6.30. The van der Waals surface area contributed by atoms with Crippen LogP contribution in [0, 0.1) is 12.7 Å². The number of hydrogen-bond acceptors (Lipinski definition) is 3. The van der Waals surface area contributed by atoms with Crippen molar-refractivity contribution in [3.8, 4) is 0 Å². The Balaban J connectivity index is 2.31. The van der Waals surface area contributed by atoms with Gasteiger partial charge in [-0.1, -0.05) is 23.7 Å². The maximum atomic E-state index is 13.8. The van der Waals surface area contributed by atoms with Gasteiger partial charge in [0.05, 0.1) is 5.02 Å². The highest BCUT2D eigenvalue weighted by atomic mass is 35.5. The first-order valence-corrected chi connectivity index (χ1v) is 6.28. The normalized spacial score (nSPS) is 12.4.